The van der Waals surface area contributed by atoms with Gasteiger partial charge in [-0.05, 0) is 34.1 Å². The second-order valence-corrected chi connectivity index (χ2v) is 9.85. The van der Waals surface area contributed by atoms with Crippen LogP contribution in [0.4, 0.5) is 5.82 Å². The van der Waals surface area contributed by atoms with E-state index in [2.05, 4.69) is 25.2 Å². The minimum atomic E-state index is -2.70. The van der Waals surface area contributed by atoms with Crippen LogP contribution in [0.3, 0.4) is 0 Å². The average molecular weight is 542 g/mol. The van der Waals surface area contributed by atoms with Gasteiger partial charge in [-0.15, -0.1) is 4.52 Å². The van der Waals surface area contributed by atoms with Crippen LogP contribution < -0.4 is 16.1 Å². The maximum absolute atomic E-state index is 12.8. The van der Waals surface area contributed by atoms with Crippen LogP contribution in [0.25, 0.3) is 11.2 Å². The van der Waals surface area contributed by atoms with E-state index >= 15 is 0 Å². The van der Waals surface area contributed by atoms with Crippen LogP contribution in [0.5, 0.6) is 0 Å². The van der Waals surface area contributed by atoms with Gasteiger partial charge in [0.15, 0.2) is 11.5 Å². The van der Waals surface area contributed by atoms with Crippen LogP contribution in [-0.4, -0.2) is 69.0 Å². The molecule has 4 atom stereocenters. The van der Waals surface area contributed by atoms with Gasteiger partial charge < -0.3 is 29.4 Å². The van der Waals surface area contributed by atoms with Crippen LogP contribution >= 0.6 is 8.17 Å². The number of nitrogens with one attached hydrogen (secondary N) is 1. The zero-order chi connectivity index (χ0) is 27.6. The van der Waals surface area contributed by atoms with E-state index in [4.69, 9.17) is 24.5 Å². The molecule has 0 aliphatic rings. The first-order valence-electron chi connectivity index (χ1n) is 12.0. The summed E-state index contributed by atoms with van der Waals surface area (Å²) >= 11 is 0. The monoisotopic (exact) mass is 541 g/mol. The third-order valence-corrected chi connectivity index (χ3v) is 5.85. The van der Waals surface area contributed by atoms with Gasteiger partial charge >= 0.3 is 20.1 Å². The highest BCUT2D eigenvalue weighted by atomic mass is 31.1. The van der Waals surface area contributed by atoms with Crippen molar-refractivity contribution in [3.8, 4) is 0 Å². The number of rotatable bonds is 15. The zero-order valence-corrected chi connectivity index (χ0v) is 22.9. The van der Waals surface area contributed by atoms with Crippen LogP contribution in [0.15, 0.2) is 17.5 Å². The number of nitrogen functional groups attached to an aromatic ring is 1. The number of hydrogen-bond acceptors (Lipinski definition) is 12. The number of hydrogen-bond donors (Lipinski definition) is 2. The number of nitrogens with zero attached hydrogens (tertiary/aromatic N) is 5. The molecule has 0 saturated heterocycles. The summed E-state index contributed by atoms with van der Waals surface area (Å²) in [5, 5.41) is 0. The molecule has 0 fully saturated rings. The first-order valence-corrected chi connectivity index (χ1v) is 13.1. The summed E-state index contributed by atoms with van der Waals surface area (Å²) in [4.78, 5) is 53.2. The molecule has 3 N–H and O–H groups in total. The average Bonchev–Trinajstić information content (AvgIpc) is 3.24. The summed E-state index contributed by atoms with van der Waals surface area (Å²) in [6.45, 7) is 10.6. The van der Waals surface area contributed by atoms with Gasteiger partial charge in [0, 0.05) is 11.4 Å². The number of nitrogens with two attached hydrogens (primary N) is 1. The first kappa shape index (κ1) is 30.5. The van der Waals surface area contributed by atoms with Crippen LogP contribution in [-0.2, 0) is 34.9 Å². The van der Waals surface area contributed by atoms with Crippen molar-refractivity contribution < 1.29 is 33.2 Å². The molecule has 2 rings (SSSR count). The van der Waals surface area contributed by atoms with E-state index in [-0.39, 0.29) is 19.0 Å². The van der Waals surface area contributed by atoms with E-state index in [1.54, 1.807) is 38.6 Å². The summed E-state index contributed by atoms with van der Waals surface area (Å²) in [6, 6.07) is 0. The van der Waals surface area contributed by atoms with Crippen molar-refractivity contribution in [2.75, 3.05) is 25.5 Å². The summed E-state index contributed by atoms with van der Waals surface area (Å²) in [5.41, 5.74) is 7.68. The number of carbonyl (C=O) groups is 2. The smallest absolute Gasteiger partial charge is 0.361 e. The topological polar surface area (TPSA) is 188 Å². The molecular formula is C22H36N7O7P. The Kier molecular flexibility index (Phi) is 11.7. The summed E-state index contributed by atoms with van der Waals surface area (Å²) < 4.78 is 23.5. The number of aromatic nitrogens is 4. The SMILES string of the molecule is CCCOC(=O)C(C)CN/N=[P+](\[O-])O[C@](C)(CO[C@H](C)Cn1cnc2c(N)ncnc21)C(=O)OC(C)C. The van der Waals surface area contributed by atoms with E-state index in [1.807, 2.05) is 6.92 Å². The van der Waals surface area contributed by atoms with Crippen molar-refractivity contribution in [1.29, 1.82) is 0 Å². The molecule has 0 bridgehead atoms. The van der Waals surface area contributed by atoms with E-state index < -0.39 is 43.8 Å². The fourth-order valence-corrected chi connectivity index (χ4v) is 3.69. The maximum Gasteiger partial charge on any atom is 0.361 e. The van der Waals surface area contributed by atoms with E-state index in [0.717, 1.165) is 0 Å². The van der Waals surface area contributed by atoms with E-state index in [1.165, 1.54) is 13.3 Å². The molecule has 206 valence electrons. The minimum absolute atomic E-state index is 0.0839. The van der Waals surface area contributed by atoms with E-state index in [0.29, 0.717) is 30.7 Å². The normalized spacial score (nSPS) is 15.4. The molecule has 0 amide bonds. The lowest BCUT2D eigenvalue weighted by Crippen LogP contribution is -2.45. The Morgan fingerprint density at radius 2 is 2.00 bits per heavy atom. The van der Waals surface area contributed by atoms with Crippen molar-refractivity contribution in [3.05, 3.63) is 12.7 Å². The van der Waals surface area contributed by atoms with Gasteiger partial charge in [-0.3, -0.25) is 4.79 Å². The number of ether oxygens (including phenoxy) is 3. The fourth-order valence-electron chi connectivity index (χ4n) is 2.98. The molecule has 2 aromatic rings. The number of fused-ring (bicyclic) bond motifs is 1. The number of anilines is 1. The molecule has 14 nitrogen and oxygen atoms in total. The molecule has 0 aliphatic heterocycles. The molecule has 0 aliphatic carbocycles. The Bertz CT molecular complexity index is 1080. The Morgan fingerprint density at radius 3 is 2.68 bits per heavy atom. The van der Waals surface area contributed by atoms with Gasteiger partial charge in [0.1, 0.15) is 11.8 Å². The van der Waals surface area contributed by atoms with Gasteiger partial charge in [-0.2, -0.15) is 5.43 Å². The largest absolute Gasteiger partial charge is 0.582 e. The highest BCUT2D eigenvalue weighted by molar-refractivity contribution is 7.33. The third-order valence-electron chi connectivity index (χ3n) is 4.98. The molecule has 2 heterocycles. The number of carbonyl (C=O) groups excluding carboxylic acids is 2. The van der Waals surface area contributed by atoms with Crippen molar-refractivity contribution in [3.63, 3.8) is 0 Å². The van der Waals surface area contributed by atoms with E-state index in [9.17, 15) is 14.5 Å². The van der Waals surface area contributed by atoms with Gasteiger partial charge in [0.2, 0.25) is 5.60 Å². The van der Waals surface area contributed by atoms with Gasteiger partial charge in [-0.25, -0.2) is 19.7 Å². The second-order valence-electron chi connectivity index (χ2n) is 8.99. The first-order chi connectivity index (χ1) is 17.5. The summed E-state index contributed by atoms with van der Waals surface area (Å²) in [6.07, 6.45) is 2.77. The Balaban J connectivity index is 2.02. The lowest BCUT2D eigenvalue weighted by Gasteiger charge is -2.26. The number of imidazole rings is 1. The molecule has 0 spiro atoms. The highest BCUT2D eigenvalue weighted by Gasteiger charge is 2.43. The molecule has 0 radical (unpaired) electrons. The summed E-state index contributed by atoms with van der Waals surface area (Å²) in [5.74, 6) is -1.39. The molecule has 2 unspecified atom stereocenters. The van der Waals surface area contributed by atoms with Gasteiger partial charge in [0.05, 0.1) is 44.2 Å². The maximum atomic E-state index is 12.8. The Hall–Kier alpha value is -2.77. The molecular weight excluding hydrogens is 505 g/mol. The van der Waals surface area contributed by atoms with Crippen LogP contribution in [0, 0.1) is 5.92 Å². The molecule has 0 aromatic carbocycles. The highest BCUT2D eigenvalue weighted by Crippen LogP contribution is 2.28. The van der Waals surface area contributed by atoms with Gasteiger partial charge in [0.25, 0.3) is 0 Å². The van der Waals surface area contributed by atoms with Crippen LogP contribution in [0.2, 0.25) is 0 Å². The molecule has 15 heteroatoms. The minimum Gasteiger partial charge on any atom is -0.582 e. The fraction of sp³-hybridized carbons (Fsp3) is 0.682. The van der Waals surface area contributed by atoms with Crippen LogP contribution in [0.1, 0.15) is 48.0 Å². The Morgan fingerprint density at radius 1 is 1.27 bits per heavy atom. The quantitative estimate of drug-likeness (QED) is 0.188. The third kappa shape index (κ3) is 9.24. The van der Waals surface area contributed by atoms with Crippen molar-refractivity contribution in [1.82, 2.24) is 24.9 Å². The molecule has 2 aromatic heterocycles. The number of esters is 2. The summed E-state index contributed by atoms with van der Waals surface area (Å²) in [7, 11) is -2.70. The van der Waals surface area contributed by atoms with Crippen molar-refractivity contribution in [2.45, 2.75) is 72.3 Å². The van der Waals surface area contributed by atoms with Gasteiger partial charge in [-0.1, -0.05) is 13.8 Å². The second kappa shape index (κ2) is 14.2. The predicted octanol–water partition coefficient (Wildman–Crippen LogP) is 1.49. The van der Waals surface area contributed by atoms with Crippen molar-refractivity contribution >= 4 is 37.1 Å². The lowest BCUT2D eigenvalue weighted by molar-refractivity contribution is -0.201. The standard InChI is InChI=1S/C22H36N7O7P/c1-7-8-33-20(30)15(4)9-27-28-37(32)36-22(6,21(31)35-14(2)3)11-34-16(5)10-29-13-26-17-18(23)24-12-25-19(17)29/h12-16,27H,7-11H2,1-6H3,(H2,23,24,25)/t15?,16-,22-/m1/s1. The molecule has 0 saturated carbocycles. The van der Waals surface area contributed by atoms with Crippen molar-refractivity contribution in [2.24, 2.45) is 10.8 Å². The lowest BCUT2D eigenvalue weighted by atomic mass is 10.1. The Labute approximate surface area is 216 Å². The molecule has 37 heavy (non-hydrogen) atoms. The zero-order valence-electron chi connectivity index (χ0n) is 22.0. The predicted molar refractivity (Wildman–Crippen MR) is 134 cm³/mol.